The van der Waals surface area contributed by atoms with E-state index in [4.69, 9.17) is 11.6 Å². The number of aromatic nitrogens is 2. The minimum Gasteiger partial charge on any atom is -0.371 e. The maximum absolute atomic E-state index is 12.7. The molecule has 3 aromatic rings. The summed E-state index contributed by atoms with van der Waals surface area (Å²) in [5.74, 6) is 0.470. The van der Waals surface area contributed by atoms with Gasteiger partial charge in [0.15, 0.2) is 0 Å². The van der Waals surface area contributed by atoms with Crippen molar-refractivity contribution in [3.63, 3.8) is 0 Å². The molecule has 1 amide bonds. The van der Waals surface area contributed by atoms with E-state index < -0.39 is 0 Å². The summed E-state index contributed by atoms with van der Waals surface area (Å²) < 4.78 is 0. The van der Waals surface area contributed by atoms with Gasteiger partial charge in [0.05, 0.1) is 0 Å². The number of hydrogen-bond donors (Lipinski definition) is 3. The predicted octanol–water partition coefficient (Wildman–Crippen LogP) is 5.85. The van der Waals surface area contributed by atoms with Crippen molar-refractivity contribution in [2.24, 2.45) is 5.41 Å². The molecule has 0 unspecified atom stereocenters. The monoisotopic (exact) mass is 545 g/mol. The van der Waals surface area contributed by atoms with Gasteiger partial charge in [0.25, 0.3) is 5.91 Å². The maximum atomic E-state index is 12.7. The van der Waals surface area contributed by atoms with Crippen molar-refractivity contribution in [1.29, 1.82) is 0 Å². The van der Waals surface area contributed by atoms with E-state index in [2.05, 4.69) is 61.5 Å². The van der Waals surface area contributed by atoms with Crippen molar-refractivity contribution in [2.45, 2.75) is 25.7 Å². The lowest BCUT2D eigenvalue weighted by Crippen LogP contribution is -2.46. The minimum absolute atomic E-state index is 0.293. The van der Waals surface area contributed by atoms with Crippen LogP contribution in [0.1, 0.15) is 36.0 Å². The van der Waals surface area contributed by atoms with Crippen LogP contribution in [0, 0.1) is 5.41 Å². The molecule has 2 aromatic carbocycles. The maximum Gasteiger partial charge on any atom is 0.256 e. The van der Waals surface area contributed by atoms with Gasteiger partial charge in [-0.05, 0) is 93.7 Å². The van der Waals surface area contributed by atoms with Gasteiger partial charge in [-0.1, -0.05) is 23.7 Å². The number of nitrogens with one attached hydrogen (secondary N) is 3. The van der Waals surface area contributed by atoms with Crippen LogP contribution >= 0.6 is 11.6 Å². The lowest BCUT2D eigenvalue weighted by atomic mass is 9.71. The molecule has 2 saturated heterocycles. The van der Waals surface area contributed by atoms with Crippen LogP contribution in [0.4, 0.5) is 28.8 Å². The summed E-state index contributed by atoms with van der Waals surface area (Å²) in [4.78, 5) is 26.7. The van der Waals surface area contributed by atoms with Crippen molar-refractivity contribution in [3.05, 3.63) is 78.0 Å². The first-order valence-corrected chi connectivity index (χ1v) is 13.9. The summed E-state index contributed by atoms with van der Waals surface area (Å²) in [6, 6.07) is 15.7. The number of carbonyl (C=O) groups excluding carboxylic acids is 1. The van der Waals surface area contributed by atoms with Crippen LogP contribution in [0.25, 0.3) is 0 Å². The molecule has 3 heterocycles. The van der Waals surface area contributed by atoms with E-state index in [0.29, 0.717) is 34.3 Å². The molecule has 1 spiro atoms. The summed E-state index contributed by atoms with van der Waals surface area (Å²) >= 11 is 6.15. The highest BCUT2D eigenvalue weighted by molar-refractivity contribution is 6.30. The van der Waals surface area contributed by atoms with Gasteiger partial charge < -0.3 is 25.8 Å². The van der Waals surface area contributed by atoms with Crippen LogP contribution in [0.5, 0.6) is 0 Å². The van der Waals surface area contributed by atoms with E-state index in [9.17, 15) is 4.79 Å². The van der Waals surface area contributed by atoms with Gasteiger partial charge >= 0.3 is 0 Å². The smallest absolute Gasteiger partial charge is 0.256 e. The molecular weight excluding hydrogens is 510 g/mol. The first-order chi connectivity index (χ1) is 18.9. The molecule has 3 N–H and O–H groups in total. The van der Waals surface area contributed by atoms with Crippen LogP contribution in [0.15, 0.2) is 67.4 Å². The first-order valence-electron chi connectivity index (χ1n) is 13.5. The topological polar surface area (TPSA) is 85.4 Å². The van der Waals surface area contributed by atoms with E-state index in [1.54, 1.807) is 18.2 Å². The lowest BCUT2D eigenvalue weighted by molar-refractivity contribution is 0.0944. The Morgan fingerprint density at radius 3 is 2.44 bits per heavy atom. The molecule has 0 saturated carbocycles. The summed E-state index contributed by atoms with van der Waals surface area (Å²) in [6.07, 6.45) is 8.32. The van der Waals surface area contributed by atoms with Gasteiger partial charge in [0.2, 0.25) is 5.95 Å². The summed E-state index contributed by atoms with van der Waals surface area (Å²) in [5, 5.41) is 9.84. The average molecular weight is 546 g/mol. The SMILES string of the molecule is C=CCNC(=O)c1cnc(Nc2ccc(N3CCC4(CCN(C)CC4)CC3)cc2)nc1Nc1cccc(Cl)c1. The standard InChI is InChI=1S/C30H36ClN7O/c1-3-15-32-28(39)26-21-33-29(36-27(26)34-24-6-4-5-22(31)20-24)35-23-7-9-25(10-8-23)38-18-13-30(14-19-38)11-16-37(2)17-12-30/h3-10,20-21H,1,11-19H2,2H3,(H,32,39)(H2,33,34,35,36). The highest BCUT2D eigenvalue weighted by Gasteiger charge is 2.36. The molecule has 2 fully saturated rings. The van der Waals surface area contributed by atoms with E-state index >= 15 is 0 Å². The van der Waals surface area contributed by atoms with Crippen molar-refractivity contribution in [1.82, 2.24) is 20.2 Å². The number of likely N-dealkylation sites (tertiary alicyclic amines) is 1. The molecule has 204 valence electrons. The number of piperidine rings is 2. The highest BCUT2D eigenvalue weighted by Crippen LogP contribution is 2.42. The molecular formula is C30H36ClN7O. The van der Waals surface area contributed by atoms with Gasteiger partial charge in [-0.15, -0.1) is 6.58 Å². The fourth-order valence-corrected chi connectivity index (χ4v) is 5.57. The van der Waals surface area contributed by atoms with Crippen molar-refractivity contribution < 1.29 is 4.79 Å². The predicted molar refractivity (Wildman–Crippen MR) is 160 cm³/mol. The Morgan fingerprint density at radius 1 is 1.03 bits per heavy atom. The van der Waals surface area contributed by atoms with Crippen molar-refractivity contribution in [3.8, 4) is 0 Å². The fourth-order valence-electron chi connectivity index (χ4n) is 5.38. The molecule has 5 rings (SSSR count). The normalized spacial score (nSPS) is 17.0. The van der Waals surface area contributed by atoms with Crippen LogP contribution in [0.2, 0.25) is 5.02 Å². The van der Waals surface area contributed by atoms with Gasteiger partial charge in [-0.25, -0.2) is 4.98 Å². The Bertz CT molecular complexity index is 1290. The molecule has 9 heteroatoms. The third-order valence-corrected chi connectivity index (χ3v) is 8.12. The minimum atomic E-state index is -0.293. The largest absolute Gasteiger partial charge is 0.371 e. The molecule has 0 atom stereocenters. The molecule has 1 aromatic heterocycles. The number of anilines is 5. The molecule has 39 heavy (non-hydrogen) atoms. The second-order valence-corrected chi connectivity index (χ2v) is 11.0. The Hall–Kier alpha value is -3.62. The quantitative estimate of drug-likeness (QED) is 0.306. The lowest BCUT2D eigenvalue weighted by Gasteiger charge is -2.46. The van der Waals surface area contributed by atoms with E-state index in [-0.39, 0.29) is 5.91 Å². The molecule has 0 bridgehead atoms. The number of benzene rings is 2. The Kier molecular flexibility index (Phi) is 8.33. The number of rotatable bonds is 8. The van der Waals surface area contributed by atoms with Crippen LogP contribution in [-0.4, -0.2) is 60.5 Å². The fraction of sp³-hybridized carbons (Fsp3) is 0.367. The van der Waals surface area contributed by atoms with Crippen LogP contribution in [-0.2, 0) is 0 Å². The Labute approximate surface area is 235 Å². The highest BCUT2D eigenvalue weighted by atomic mass is 35.5. The van der Waals surface area contributed by atoms with Gasteiger partial charge in [0.1, 0.15) is 11.4 Å². The van der Waals surface area contributed by atoms with E-state index in [0.717, 1.165) is 24.5 Å². The van der Waals surface area contributed by atoms with Crippen molar-refractivity contribution in [2.75, 3.05) is 55.3 Å². The van der Waals surface area contributed by atoms with Gasteiger partial charge in [-0.3, -0.25) is 4.79 Å². The Balaban J connectivity index is 1.27. The third kappa shape index (κ3) is 6.69. The average Bonchev–Trinajstić information content (AvgIpc) is 2.95. The third-order valence-electron chi connectivity index (χ3n) is 7.89. The zero-order chi connectivity index (χ0) is 27.2. The first kappa shape index (κ1) is 27.0. The van der Waals surface area contributed by atoms with Crippen LogP contribution < -0.4 is 20.9 Å². The second kappa shape index (κ2) is 12.1. The molecule has 0 radical (unpaired) electrons. The van der Waals surface area contributed by atoms with Gasteiger partial charge in [-0.2, -0.15) is 4.98 Å². The number of amides is 1. The van der Waals surface area contributed by atoms with Crippen LogP contribution in [0.3, 0.4) is 0 Å². The molecule has 2 aliphatic heterocycles. The Morgan fingerprint density at radius 2 is 1.74 bits per heavy atom. The summed E-state index contributed by atoms with van der Waals surface area (Å²) in [5.41, 5.74) is 3.69. The summed E-state index contributed by atoms with van der Waals surface area (Å²) in [7, 11) is 2.23. The number of nitrogens with zero attached hydrogens (tertiary/aromatic N) is 4. The molecule has 2 aliphatic rings. The number of carbonyl (C=O) groups is 1. The number of halogens is 1. The van der Waals surface area contributed by atoms with Gasteiger partial charge in [0, 0.05) is 47.9 Å². The zero-order valence-corrected chi connectivity index (χ0v) is 23.2. The number of hydrogen-bond acceptors (Lipinski definition) is 7. The molecule has 8 nitrogen and oxygen atoms in total. The van der Waals surface area contributed by atoms with Crippen molar-refractivity contribution >= 4 is 46.3 Å². The molecule has 0 aliphatic carbocycles. The zero-order valence-electron chi connectivity index (χ0n) is 22.4. The summed E-state index contributed by atoms with van der Waals surface area (Å²) in [6.45, 7) is 8.65. The van der Waals surface area contributed by atoms with E-state index in [1.165, 1.54) is 50.7 Å². The van der Waals surface area contributed by atoms with E-state index in [1.807, 2.05) is 24.3 Å². The second-order valence-electron chi connectivity index (χ2n) is 10.6.